The Morgan fingerprint density at radius 2 is 1.80 bits per heavy atom. The molecule has 0 spiro atoms. The first kappa shape index (κ1) is 14.3. The zero-order valence-electron chi connectivity index (χ0n) is 11.6. The molecule has 0 bridgehead atoms. The predicted molar refractivity (Wildman–Crippen MR) is 77.2 cm³/mol. The summed E-state index contributed by atoms with van der Waals surface area (Å²) < 4.78 is 5.02. The minimum Gasteiger partial charge on any atom is -0.462 e. The summed E-state index contributed by atoms with van der Waals surface area (Å²) in [5.41, 5.74) is 1.78. The molecule has 4 heteroatoms. The maximum atomic E-state index is 12.3. The van der Waals surface area contributed by atoms with E-state index in [0.29, 0.717) is 5.69 Å². The molecule has 0 aromatic heterocycles. The van der Waals surface area contributed by atoms with Crippen molar-refractivity contribution in [2.75, 3.05) is 11.9 Å². The summed E-state index contributed by atoms with van der Waals surface area (Å²) in [5, 5.41) is 2.76. The molecule has 1 fully saturated rings. The fourth-order valence-corrected chi connectivity index (χ4v) is 2.37. The maximum Gasteiger partial charge on any atom is 0.343 e. The normalized spacial score (nSPS) is 13.9. The summed E-state index contributed by atoms with van der Waals surface area (Å²) in [6.45, 7) is 2.01. The number of esters is 1. The number of allylic oxidation sites excluding steroid dienone is 1. The van der Waals surface area contributed by atoms with Crippen LogP contribution >= 0.6 is 0 Å². The van der Waals surface area contributed by atoms with Crippen molar-refractivity contribution < 1.29 is 14.3 Å². The highest BCUT2D eigenvalue weighted by molar-refractivity contribution is 6.21. The Balaban J connectivity index is 2.20. The van der Waals surface area contributed by atoms with Gasteiger partial charge in [0.05, 0.1) is 6.61 Å². The van der Waals surface area contributed by atoms with Gasteiger partial charge >= 0.3 is 5.97 Å². The molecule has 1 aromatic rings. The lowest BCUT2D eigenvalue weighted by Crippen LogP contribution is -2.23. The van der Waals surface area contributed by atoms with Crippen LogP contribution in [0.3, 0.4) is 0 Å². The molecule has 4 nitrogen and oxygen atoms in total. The van der Waals surface area contributed by atoms with Crippen LogP contribution in [0.2, 0.25) is 0 Å². The Labute approximate surface area is 118 Å². The Bertz CT molecular complexity index is 512. The number of nitrogens with one attached hydrogen (secondary N) is 1. The monoisotopic (exact) mass is 273 g/mol. The molecule has 1 aliphatic rings. The smallest absolute Gasteiger partial charge is 0.343 e. The van der Waals surface area contributed by atoms with E-state index in [0.717, 1.165) is 31.3 Å². The highest BCUT2D eigenvalue weighted by Crippen LogP contribution is 2.28. The van der Waals surface area contributed by atoms with Gasteiger partial charge < -0.3 is 10.1 Å². The maximum absolute atomic E-state index is 12.3. The fraction of sp³-hybridized carbons (Fsp3) is 0.375. The molecular weight excluding hydrogens is 254 g/mol. The minimum absolute atomic E-state index is 0.188. The topological polar surface area (TPSA) is 55.4 Å². The molecule has 1 saturated carbocycles. The Kier molecular flexibility index (Phi) is 4.93. The van der Waals surface area contributed by atoms with Gasteiger partial charge in [-0.15, -0.1) is 0 Å². The summed E-state index contributed by atoms with van der Waals surface area (Å²) in [5.74, 6) is -0.885. The van der Waals surface area contributed by atoms with Crippen molar-refractivity contribution in [3.8, 4) is 0 Å². The number of ether oxygens (including phenoxy) is 1. The van der Waals surface area contributed by atoms with Crippen molar-refractivity contribution in [3.63, 3.8) is 0 Å². The van der Waals surface area contributed by atoms with Crippen LogP contribution in [0.4, 0.5) is 5.69 Å². The lowest BCUT2D eigenvalue weighted by molar-refractivity contribution is -0.139. The summed E-state index contributed by atoms with van der Waals surface area (Å²) in [4.78, 5) is 24.4. The van der Waals surface area contributed by atoms with E-state index in [2.05, 4.69) is 5.32 Å². The standard InChI is InChI=1S/C16H19NO3/c1-2-20-16(19)14(12-8-6-7-9-12)15(18)17-13-10-4-3-5-11-13/h3-5,10-11H,2,6-9H2,1H3,(H,17,18). The van der Waals surface area contributed by atoms with E-state index in [4.69, 9.17) is 4.74 Å². The molecule has 0 saturated heterocycles. The lowest BCUT2D eigenvalue weighted by Gasteiger charge is -2.11. The first-order valence-corrected chi connectivity index (χ1v) is 6.98. The fourth-order valence-electron chi connectivity index (χ4n) is 2.37. The average Bonchev–Trinajstić information content (AvgIpc) is 2.94. The summed E-state index contributed by atoms with van der Waals surface area (Å²) in [6.07, 6.45) is 3.65. The summed E-state index contributed by atoms with van der Waals surface area (Å²) >= 11 is 0. The second kappa shape index (κ2) is 6.89. The first-order chi connectivity index (χ1) is 9.72. The van der Waals surface area contributed by atoms with Crippen LogP contribution in [0.25, 0.3) is 0 Å². The van der Waals surface area contributed by atoms with Gasteiger partial charge in [0.25, 0.3) is 5.91 Å². The van der Waals surface area contributed by atoms with Gasteiger partial charge in [-0.25, -0.2) is 4.79 Å². The Morgan fingerprint density at radius 1 is 1.15 bits per heavy atom. The number of anilines is 1. The molecule has 1 N–H and O–H groups in total. The van der Waals surface area contributed by atoms with Gasteiger partial charge in [-0.2, -0.15) is 0 Å². The lowest BCUT2D eigenvalue weighted by atomic mass is 10.1. The minimum atomic E-state index is -0.516. The molecule has 2 rings (SSSR count). The molecular formula is C16H19NO3. The summed E-state index contributed by atoms with van der Waals surface area (Å²) in [7, 11) is 0. The van der Waals surface area contributed by atoms with E-state index in [1.807, 2.05) is 18.2 Å². The third-order valence-electron chi connectivity index (χ3n) is 3.30. The van der Waals surface area contributed by atoms with E-state index < -0.39 is 5.97 Å². The van der Waals surface area contributed by atoms with Crippen molar-refractivity contribution in [1.82, 2.24) is 0 Å². The first-order valence-electron chi connectivity index (χ1n) is 6.98. The van der Waals surface area contributed by atoms with E-state index in [1.54, 1.807) is 19.1 Å². The van der Waals surface area contributed by atoms with E-state index in [1.165, 1.54) is 0 Å². The summed E-state index contributed by atoms with van der Waals surface area (Å²) in [6, 6.07) is 9.13. The van der Waals surface area contributed by atoms with Crippen molar-refractivity contribution in [3.05, 3.63) is 41.5 Å². The third kappa shape index (κ3) is 3.47. The molecule has 20 heavy (non-hydrogen) atoms. The van der Waals surface area contributed by atoms with Gasteiger partial charge in [0.15, 0.2) is 0 Å². The van der Waals surface area contributed by atoms with Crippen LogP contribution in [0, 0.1) is 0 Å². The van der Waals surface area contributed by atoms with Gasteiger partial charge in [-0.1, -0.05) is 23.8 Å². The molecule has 0 unspecified atom stereocenters. The van der Waals surface area contributed by atoms with Crippen molar-refractivity contribution >= 4 is 17.6 Å². The van der Waals surface area contributed by atoms with Gasteiger partial charge in [-0.05, 0) is 44.7 Å². The number of hydrogen-bond donors (Lipinski definition) is 1. The molecule has 1 amide bonds. The number of para-hydroxylation sites is 1. The van der Waals surface area contributed by atoms with Crippen LogP contribution in [0.1, 0.15) is 32.6 Å². The van der Waals surface area contributed by atoms with E-state index >= 15 is 0 Å². The SMILES string of the molecule is CCOC(=O)C(C(=O)Nc1ccccc1)=C1CCCC1. The molecule has 106 valence electrons. The van der Waals surface area contributed by atoms with Crippen molar-refractivity contribution in [2.24, 2.45) is 0 Å². The van der Waals surface area contributed by atoms with E-state index in [-0.39, 0.29) is 18.1 Å². The number of carbonyl (C=O) groups is 2. The van der Waals surface area contributed by atoms with Crippen LogP contribution in [0.5, 0.6) is 0 Å². The van der Waals surface area contributed by atoms with Crippen LogP contribution < -0.4 is 5.32 Å². The van der Waals surface area contributed by atoms with E-state index in [9.17, 15) is 9.59 Å². The number of carbonyl (C=O) groups excluding carboxylic acids is 2. The largest absolute Gasteiger partial charge is 0.462 e. The van der Waals surface area contributed by atoms with Gasteiger partial charge in [0.2, 0.25) is 0 Å². The van der Waals surface area contributed by atoms with Crippen LogP contribution in [-0.4, -0.2) is 18.5 Å². The molecule has 0 atom stereocenters. The molecule has 0 heterocycles. The van der Waals surface area contributed by atoms with Crippen molar-refractivity contribution in [1.29, 1.82) is 0 Å². The zero-order valence-corrected chi connectivity index (χ0v) is 11.6. The highest BCUT2D eigenvalue weighted by atomic mass is 16.5. The molecule has 0 aliphatic heterocycles. The Morgan fingerprint density at radius 3 is 2.40 bits per heavy atom. The quantitative estimate of drug-likeness (QED) is 0.397. The zero-order chi connectivity index (χ0) is 14.4. The molecule has 1 aromatic carbocycles. The average molecular weight is 273 g/mol. The van der Waals surface area contributed by atoms with Gasteiger partial charge in [0.1, 0.15) is 5.57 Å². The Hall–Kier alpha value is -2.10. The van der Waals surface area contributed by atoms with Crippen LogP contribution in [0.15, 0.2) is 41.5 Å². The molecule has 1 aliphatic carbocycles. The van der Waals surface area contributed by atoms with Gasteiger partial charge in [-0.3, -0.25) is 4.79 Å². The number of hydrogen-bond acceptors (Lipinski definition) is 3. The van der Waals surface area contributed by atoms with Crippen molar-refractivity contribution in [2.45, 2.75) is 32.6 Å². The third-order valence-corrected chi connectivity index (χ3v) is 3.30. The highest BCUT2D eigenvalue weighted by Gasteiger charge is 2.26. The second-order valence-electron chi connectivity index (χ2n) is 4.73. The second-order valence-corrected chi connectivity index (χ2v) is 4.73. The number of benzene rings is 1. The van der Waals surface area contributed by atoms with Gasteiger partial charge in [0, 0.05) is 5.69 Å². The number of amides is 1. The molecule has 0 radical (unpaired) electrons. The predicted octanol–water partition coefficient (Wildman–Crippen LogP) is 3.06. The van der Waals surface area contributed by atoms with Crippen LogP contribution in [-0.2, 0) is 14.3 Å². The number of rotatable bonds is 4.